The summed E-state index contributed by atoms with van der Waals surface area (Å²) < 4.78 is 0. The number of fused-ring (bicyclic) bond motifs is 1. The van der Waals surface area contributed by atoms with Gasteiger partial charge in [0, 0.05) is 0 Å². The molecule has 1 aliphatic carbocycles. The van der Waals surface area contributed by atoms with E-state index in [1.54, 1.807) is 0 Å². The van der Waals surface area contributed by atoms with Gasteiger partial charge < -0.3 is 0 Å². The summed E-state index contributed by atoms with van der Waals surface area (Å²) in [6.45, 7) is 13.8. The van der Waals surface area contributed by atoms with Crippen LogP contribution in [-0.4, -0.2) is 0 Å². The Bertz CT molecular complexity index is 729. The molecule has 2 aromatic carbocycles. The van der Waals surface area contributed by atoms with Crippen LogP contribution in [0.5, 0.6) is 0 Å². The van der Waals surface area contributed by atoms with E-state index in [2.05, 4.69) is 90.1 Å². The van der Waals surface area contributed by atoms with Gasteiger partial charge in [-0.2, -0.15) is 0 Å². The third-order valence-electron chi connectivity index (χ3n) is 4.81. The summed E-state index contributed by atoms with van der Waals surface area (Å²) >= 11 is 0. The second-order valence-corrected chi connectivity index (χ2v) is 8.78. The summed E-state index contributed by atoms with van der Waals surface area (Å²) in [5, 5.41) is 0. The number of hydrogen-bond acceptors (Lipinski definition) is 0. The molecule has 0 N–H and O–H groups in total. The van der Waals surface area contributed by atoms with Gasteiger partial charge in [-0.15, -0.1) is 0 Å². The van der Waals surface area contributed by atoms with E-state index in [-0.39, 0.29) is 10.8 Å². The second-order valence-electron chi connectivity index (χ2n) is 8.78. The Morgan fingerprint density at radius 2 is 1.30 bits per heavy atom. The van der Waals surface area contributed by atoms with Gasteiger partial charge in [0.05, 0.1) is 0 Å². The third kappa shape index (κ3) is 3.13. The number of rotatable bonds is 1. The molecule has 0 fully saturated rings. The van der Waals surface area contributed by atoms with E-state index < -0.39 is 0 Å². The van der Waals surface area contributed by atoms with Gasteiger partial charge in [-0.25, -0.2) is 0 Å². The molecule has 0 heterocycles. The molecule has 0 saturated heterocycles. The molecule has 0 unspecified atom stereocenters. The Kier molecular flexibility index (Phi) is 3.75. The first-order chi connectivity index (χ1) is 10.7. The average Bonchev–Trinajstić information content (AvgIpc) is 2.89. The van der Waals surface area contributed by atoms with Gasteiger partial charge in [-0.05, 0) is 50.6 Å². The molecule has 0 bridgehead atoms. The number of hydrogen-bond donors (Lipinski definition) is 0. The largest absolute Gasteiger partial charge is 0.0716 e. The lowest BCUT2D eigenvalue weighted by molar-refractivity contribution is 0.568. The minimum absolute atomic E-state index is 0.161. The maximum absolute atomic E-state index is 2.39. The first-order valence-electron chi connectivity index (χ1n) is 8.61. The van der Waals surface area contributed by atoms with Crippen LogP contribution in [0.25, 0.3) is 5.57 Å². The second kappa shape index (κ2) is 5.37. The Morgan fingerprint density at radius 3 is 1.87 bits per heavy atom. The molecule has 0 amide bonds. The summed E-state index contributed by atoms with van der Waals surface area (Å²) in [5.41, 5.74) is 8.78. The molecular weight excluding hydrogens is 276 g/mol. The van der Waals surface area contributed by atoms with Crippen LogP contribution in [0.2, 0.25) is 0 Å². The Labute approximate surface area is 141 Å². The Morgan fingerprint density at radius 1 is 0.739 bits per heavy atom. The van der Waals surface area contributed by atoms with Crippen molar-refractivity contribution in [2.24, 2.45) is 0 Å². The van der Waals surface area contributed by atoms with Crippen molar-refractivity contribution in [1.82, 2.24) is 0 Å². The lowest BCUT2D eigenvalue weighted by atomic mass is 9.78. The molecule has 3 rings (SSSR count). The van der Waals surface area contributed by atoms with Crippen LogP contribution >= 0.6 is 0 Å². The molecule has 0 saturated carbocycles. The Hall–Kier alpha value is -1.82. The quantitative estimate of drug-likeness (QED) is 0.582. The molecule has 0 spiro atoms. The molecule has 0 atom stereocenters. The normalized spacial score (nSPS) is 14.6. The fourth-order valence-electron chi connectivity index (χ4n) is 3.21. The fraction of sp³-hybridized carbons (Fsp3) is 0.391. The van der Waals surface area contributed by atoms with E-state index in [1.807, 2.05) is 0 Å². The molecular formula is C23H28. The topological polar surface area (TPSA) is 0 Å². The highest BCUT2D eigenvalue weighted by Crippen LogP contribution is 2.37. The van der Waals surface area contributed by atoms with Crippen molar-refractivity contribution in [3.63, 3.8) is 0 Å². The van der Waals surface area contributed by atoms with E-state index in [4.69, 9.17) is 0 Å². The molecule has 23 heavy (non-hydrogen) atoms. The summed E-state index contributed by atoms with van der Waals surface area (Å²) in [7, 11) is 0. The third-order valence-corrected chi connectivity index (χ3v) is 4.81. The van der Waals surface area contributed by atoms with E-state index in [9.17, 15) is 0 Å². The van der Waals surface area contributed by atoms with Crippen molar-refractivity contribution in [1.29, 1.82) is 0 Å². The molecule has 0 aromatic heterocycles. The van der Waals surface area contributed by atoms with Gasteiger partial charge in [0.1, 0.15) is 0 Å². The van der Waals surface area contributed by atoms with Gasteiger partial charge in [0.15, 0.2) is 0 Å². The summed E-state index contributed by atoms with van der Waals surface area (Å²) in [6.07, 6.45) is 3.44. The molecule has 2 aromatic rings. The highest BCUT2D eigenvalue weighted by molar-refractivity contribution is 5.85. The maximum Gasteiger partial charge on any atom is -0.00819 e. The zero-order chi connectivity index (χ0) is 16.8. The monoisotopic (exact) mass is 304 g/mol. The minimum Gasteiger partial charge on any atom is -0.0716 e. The van der Waals surface area contributed by atoms with E-state index >= 15 is 0 Å². The SMILES string of the molecule is CC(C)(C)c1cc(C2=CCc3ccccc32)cc(C(C)(C)C)c1. The number of allylic oxidation sites excluding steroid dienone is 1. The first kappa shape index (κ1) is 16.1. The predicted molar refractivity (Wildman–Crippen MR) is 101 cm³/mol. The lowest BCUT2D eigenvalue weighted by Crippen LogP contribution is -2.17. The highest BCUT2D eigenvalue weighted by atomic mass is 14.3. The summed E-state index contributed by atoms with van der Waals surface area (Å²) in [6, 6.07) is 16.0. The fourth-order valence-corrected chi connectivity index (χ4v) is 3.21. The van der Waals surface area contributed by atoms with Crippen molar-refractivity contribution in [2.75, 3.05) is 0 Å². The van der Waals surface area contributed by atoms with Crippen molar-refractivity contribution in [3.05, 3.63) is 76.4 Å². The van der Waals surface area contributed by atoms with Crippen molar-refractivity contribution in [2.45, 2.75) is 58.8 Å². The summed E-state index contributed by atoms with van der Waals surface area (Å²) in [5.74, 6) is 0. The van der Waals surface area contributed by atoms with Crippen LogP contribution in [0.1, 0.15) is 69.4 Å². The van der Waals surface area contributed by atoms with Gasteiger partial charge >= 0.3 is 0 Å². The smallest absolute Gasteiger partial charge is 0.00819 e. The zero-order valence-corrected chi connectivity index (χ0v) is 15.3. The van der Waals surface area contributed by atoms with E-state index in [1.165, 1.54) is 33.4 Å². The van der Waals surface area contributed by atoms with E-state index in [0.29, 0.717) is 0 Å². The number of benzene rings is 2. The van der Waals surface area contributed by atoms with Crippen molar-refractivity contribution >= 4 is 5.57 Å². The van der Waals surface area contributed by atoms with Gasteiger partial charge in [0.25, 0.3) is 0 Å². The van der Waals surface area contributed by atoms with Crippen molar-refractivity contribution in [3.8, 4) is 0 Å². The van der Waals surface area contributed by atoms with Gasteiger partial charge in [-0.3, -0.25) is 0 Å². The molecule has 120 valence electrons. The van der Waals surface area contributed by atoms with Gasteiger partial charge in [0.2, 0.25) is 0 Å². The standard InChI is InChI=1S/C23H28/c1-22(2,3)18-13-17(14-19(15-18)23(4,5)6)21-12-11-16-9-7-8-10-20(16)21/h7-10,12-15H,11H2,1-6H3. The van der Waals surface area contributed by atoms with E-state index in [0.717, 1.165) is 6.42 Å². The van der Waals surface area contributed by atoms with Crippen LogP contribution in [-0.2, 0) is 17.3 Å². The van der Waals surface area contributed by atoms with Crippen LogP contribution < -0.4 is 0 Å². The average molecular weight is 304 g/mol. The molecule has 0 aliphatic heterocycles. The van der Waals surface area contributed by atoms with Crippen LogP contribution in [0.3, 0.4) is 0 Å². The van der Waals surface area contributed by atoms with Crippen LogP contribution in [0.15, 0.2) is 48.5 Å². The Balaban J connectivity index is 2.17. The molecule has 0 nitrogen and oxygen atoms in total. The molecule has 0 heteroatoms. The molecule has 0 radical (unpaired) electrons. The molecule has 1 aliphatic rings. The van der Waals surface area contributed by atoms with Crippen LogP contribution in [0.4, 0.5) is 0 Å². The van der Waals surface area contributed by atoms with Crippen LogP contribution in [0, 0.1) is 0 Å². The highest BCUT2D eigenvalue weighted by Gasteiger charge is 2.23. The zero-order valence-electron chi connectivity index (χ0n) is 15.3. The first-order valence-corrected chi connectivity index (χ1v) is 8.61. The summed E-state index contributed by atoms with van der Waals surface area (Å²) in [4.78, 5) is 0. The van der Waals surface area contributed by atoms with Gasteiger partial charge in [-0.1, -0.05) is 90.1 Å². The van der Waals surface area contributed by atoms with Crippen molar-refractivity contribution < 1.29 is 0 Å². The lowest BCUT2D eigenvalue weighted by Gasteiger charge is -2.26. The minimum atomic E-state index is 0.161. The predicted octanol–water partition coefficient (Wildman–Crippen LogP) is 6.27. The maximum atomic E-state index is 2.39.